The Morgan fingerprint density at radius 3 is 2.62 bits per heavy atom. The number of aryl methyl sites for hydroxylation is 1. The third-order valence-electron chi connectivity index (χ3n) is 5.56. The highest BCUT2D eigenvalue weighted by molar-refractivity contribution is 7.17. The first-order valence-corrected chi connectivity index (χ1v) is 10.1. The summed E-state index contributed by atoms with van der Waals surface area (Å²) in [6.45, 7) is 5.46. The number of nitrogens with zero attached hydrogens (tertiary/aromatic N) is 3. The number of aromatic nitrogens is 1. The molecule has 4 heteroatoms. The van der Waals surface area contributed by atoms with Gasteiger partial charge in [0.2, 0.25) is 0 Å². The SMILES string of the molecule is Cn1cc(CN2CCN(c3cccc4sccc34)CC2)c2ccccc21. The molecule has 3 heterocycles. The van der Waals surface area contributed by atoms with E-state index in [9.17, 15) is 0 Å². The van der Waals surface area contributed by atoms with Crippen molar-refractivity contribution < 1.29 is 0 Å². The molecular weight excluding hydrogens is 338 g/mol. The number of hydrogen-bond donors (Lipinski definition) is 0. The van der Waals surface area contributed by atoms with Crippen molar-refractivity contribution in [1.82, 2.24) is 9.47 Å². The second-order valence-electron chi connectivity index (χ2n) is 7.16. The van der Waals surface area contributed by atoms with Gasteiger partial charge in [-0.1, -0.05) is 24.3 Å². The van der Waals surface area contributed by atoms with Gasteiger partial charge in [-0.05, 0) is 35.2 Å². The Morgan fingerprint density at radius 2 is 1.73 bits per heavy atom. The first-order valence-electron chi connectivity index (χ1n) is 9.26. The maximum atomic E-state index is 2.59. The van der Waals surface area contributed by atoms with E-state index in [4.69, 9.17) is 0 Å². The molecule has 0 unspecified atom stereocenters. The van der Waals surface area contributed by atoms with E-state index >= 15 is 0 Å². The van der Waals surface area contributed by atoms with Crippen molar-refractivity contribution in [3.8, 4) is 0 Å². The molecule has 0 spiro atoms. The summed E-state index contributed by atoms with van der Waals surface area (Å²) >= 11 is 1.83. The molecule has 2 aromatic heterocycles. The fraction of sp³-hybridized carbons (Fsp3) is 0.273. The highest BCUT2D eigenvalue weighted by Gasteiger charge is 2.20. The van der Waals surface area contributed by atoms with Crippen LogP contribution in [-0.2, 0) is 13.6 Å². The van der Waals surface area contributed by atoms with Gasteiger partial charge in [-0.15, -0.1) is 11.3 Å². The molecule has 0 saturated carbocycles. The number of para-hydroxylation sites is 1. The molecule has 1 fully saturated rings. The summed E-state index contributed by atoms with van der Waals surface area (Å²) in [7, 11) is 2.14. The minimum atomic E-state index is 1.04. The molecule has 1 aliphatic heterocycles. The van der Waals surface area contributed by atoms with Crippen LogP contribution in [0.5, 0.6) is 0 Å². The Hall–Kier alpha value is -2.30. The zero-order valence-electron chi connectivity index (χ0n) is 15.1. The maximum Gasteiger partial charge on any atom is 0.0481 e. The van der Waals surface area contributed by atoms with Crippen molar-refractivity contribution in [3.63, 3.8) is 0 Å². The number of benzene rings is 2. The number of rotatable bonds is 3. The van der Waals surface area contributed by atoms with Gasteiger partial charge in [0, 0.05) is 72.6 Å². The fourth-order valence-electron chi connectivity index (χ4n) is 4.19. The number of thiophene rings is 1. The minimum absolute atomic E-state index is 1.04. The van der Waals surface area contributed by atoms with Crippen LogP contribution in [-0.4, -0.2) is 35.6 Å². The molecule has 5 rings (SSSR count). The summed E-state index contributed by atoms with van der Waals surface area (Å²) in [5.74, 6) is 0. The highest BCUT2D eigenvalue weighted by atomic mass is 32.1. The van der Waals surface area contributed by atoms with Gasteiger partial charge in [0.25, 0.3) is 0 Å². The normalized spacial score (nSPS) is 16.0. The zero-order valence-corrected chi connectivity index (χ0v) is 15.9. The lowest BCUT2D eigenvalue weighted by molar-refractivity contribution is 0.251. The smallest absolute Gasteiger partial charge is 0.0481 e. The van der Waals surface area contributed by atoms with E-state index in [0.717, 1.165) is 32.7 Å². The summed E-state index contributed by atoms with van der Waals surface area (Å²) < 4.78 is 3.64. The summed E-state index contributed by atoms with van der Waals surface area (Å²) in [5, 5.41) is 4.99. The van der Waals surface area contributed by atoms with Crippen LogP contribution in [0.4, 0.5) is 5.69 Å². The van der Waals surface area contributed by atoms with Crippen LogP contribution >= 0.6 is 11.3 Å². The number of anilines is 1. The van der Waals surface area contributed by atoms with Crippen LogP contribution in [0.25, 0.3) is 21.0 Å². The molecule has 3 nitrogen and oxygen atoms in total. The van der Waals surface area contributed by atoms with Gasteiger partial charge in [-0.3, -0.25) is 4.90 Å². The average molecular weight is 362 g/mol. The standard InChI is InChI=1S/C22H23N3S/c1-23-15-17(18-5-2-3-6-20(18)23)16-24-10-12-25(13-11-24)21-7-4-8-22-19(21)9-14-26-22/h2-9,14-15H,10-13,16H2,1H3. The van der Waals surface area contributed by atoms with Crippen molar-refractivity contribution in [2.24, 2.45) is 7.05 Å². The van der Waals surface area contributed by atoms with Gasteiger partial charge in [0.1, 0.15) is 0 Å². The number of fused-ring (bicyclic) bond motifs is 2. The van der Waals surface area contributed by atoms with Crippen LogP contribution in [0.15, 0.2) is 60.1 Å². The lowest BCUT2D eigenvalue weighted by atomic mass is 10.1. The maximum absolute atomic E-state index is 2.59. The average Bonchev–Trinajstić information content (AvgIpc) is 3.28. The Labute approximate surface area is 158 Å². The van der Waals surface area contributed by atoms with E-state index in [1.807, 2.05) is 11.3 Å². The van der Waals surface area contributed by atoms with Crippen LogP contribution in [0, 0.1) is 0 Å². The second-order valence-corrected chi connectivity index (χ2v) is 8.10. The summed E-state index contributed by atoms with van der Waals surface area (Å²) in [4.78, 5) is 5.14. The number of piperazine rings is 1. The number of hydrogen-bond acceptors (Lipinski definition) is 3. The van der Waals surface area contributed by atoms with E-state index in [1.165, 1.54) is 32.2 Å². The van der Waals surface area contributed by atoms with Crippen molar-refractivity contribution in [1.29, 1.82) is 0 Å². The van der Waals surface area contributed by atoms with Crippen LogP contribution < -0.4 is 4.90 Å². The van der Waals surface area contributed by atoms with Gasteiger partial charge in [-0.25, -0.2) is 0 Å². The monoisotopic (exact) mass is 361 g/mol. The van der Waals surface area contributed by atoms with E-state index in [1.54, 1.807) is 0 Å². The molecule has 0 N–H and O–H groups in total. The summed E-state index contributed by atoms with van der Waals surface area (Å²) in [6, 6.07) is 17.7. The highest BCUT2D eigenvalue weighted by Crippen LogP contribution is 2.31. The summed E-state index contributed by atoms with van der Waals surface area (Å²) in [5.41, 5.74) is 4.16. The molecule has 4 aromatic rings. The predicted molar refractivity (Wildman–Crippen MR) is 112 cm³/mol. The molecule has 0 amide bonds. The van der Waals surface area contributed by atoms with Gasteiger partial charge in [0.05, 0.1) is 0 Å². The first-order chi connectivity index (χ1) is 12.8. The van der Waals surface area contributed by atoms with Crippen molar-refractivity contribution in [3.05, 3.63) is 65.7 Å². The van der Waals surface area contributed by atoms with Crippen molar-refractivity contribution >= 4 is 38.0 Å². The lowest BCUT2D eigenvalue weighted by Crippen LogP contribution is -2.46. The molecule has 0 atom stereocenters. The van der Waals surface area contributed by atoms with E-state index in [-0.39, 0.29) is 0 Å². The molecular formula is C22H23N3S. The molecule has 1 aliphatic rings. The molecule has 0 aliphatic carbocycles. The van der Waals surface area contributed by atoms with Gasteiger partial charge < -0.3 is 9.47 Å². The zero-order chi connectivity index (χ0) is 17.5. The first kappa shape index (κ1) is 15.9. The molecule has 2 aromatic carbocycles. The van der Waals surface area contributed by atoms with E-state index < -0.39 is 0 Å². The van der Waals surface area contributed by atoms with Crippen molar-refractivity contribution in [2.75, 3.05) is 31.1 Å². The van der Waals surface area contributed by atoms with Gasteiger partial charge >= 0.3 is 0 Å². The predicted octanol–water partition coefficient (Wildman–Crippen LogP) is 4.72. The third-order valence-corrected chi connectivity index (χ3v) is 6.44. The van der Waals surface area contributed by atoms with Crippen molar-refractivity contribution in [2.45, 2.75) is 6.54 Å². The summed E-state index contributed by atoms with van der Waals surface area (Å²) in [6.07, 6.45) is 2.29. The lowest BCUT2D eigenvalue weighted by Gasteiger charge is -2.36. The topological polar surface area (TPSA) is 11.4 Å². The molecule has 1 saturated heterocycles. The molecule has 0 bridgehead atoms. The fourth-order valence-corrected chi connectivity index (χ4v) is 5.00. The van der Waals surface area contributed by atoms with Crippen LogP contribution in [0.1, 0.15) is 5.56 Å². The van der Waals surface area contributed by atoms with E-state index in [2.05, 4.69) is 81.5 Å². The Bertz CT molecular complexity index is 1050. The minimum Gasteiger partial charge on any atom is -0.368 e. The van der Waals surface area contributed by atoms with Gasteiger partial charge in [-0.2, -0.15) is 0 Å². The van der Waals surface area contributed by atoms with E-state index in [0.29, 0.717) is 0 Å². The largest absolute Gasteiger partial charge is 0.368 e. The Morgan fingerprint density at radius 1 is 0.885 bits per heavy atom. The second kappa shape index (κ2) is 6.45. The quantitative estimate of drug-likeness (QED) is 0.523. The Kier molecular flexibility index (Phi) is 3.95. The molecule has 0 radical (unpaired) electrons. The molecule has 132 valence electrons. The Balaban J connectivity index is 1.32. The molecule has 26 heavy (non-hydrogen) atoms. The third kappa shape index (κ3) is 2.70. The van der Waals surface area contributed by atoms with Crippen LogP contribution in [0.2, 0.25) is 0 Å². The van der Waals surface area contributed by atoms with Gasteiger partial charge in [0.15, 0.2) is 0 Å². The van der Waals surface area contributed by atoms with Crippen LogP contribution in [0.3, 0.4) is 0 Å².